The van der Waals surface area contributed by atoms with Crippen molar-refractivity contribution in [2.75, 3.05) is 7.05 Å². The van der Waals surface area contributed by atoms with Gasteiger partial charge in [0.1, 0.15) is 18.2 Å². The maximum Gasteiger partial charge on any atom is 0.171 e. The average Bonchev–Trinajstić information content (AvgIpc) is 2.90. The largest absolute Gasteiger partial charge is 0.485 e. The third kappa shape index (κ3) is 3.27. The molecular weight excluding hydrogens is 332 g/mol. The second-order valence-electron chi connectivity index (χ2n) is 5.21. The molecule has 0 spiro atoms. The van der Waals surface area contributed by atoms with E-state index in [0.717, 1.165) is 46.9 Å². The minimum absolute atomic E-state index is 0.464. The number of halogens is 1. The van der Waals surface area contributed by atoms with Crippen LogP contribution < -0.4 is 10.1 Å². The summed E-state index contributed by atoms with van der Waals surface area (Å²) in [5.74, 6) is 2.90. The van der Waals surface area contributed by atoms with Gasteiger partial charge in [0, 0.05) is 29.5 Å². The third-order valence-electron chi connectivity index (χ3n) is 3.68. The summed E-state index contributed by atoms with van der Waals surface area (Å²) in [6.45, 7) is 2.24. The molecule has 2 aromatic rings. The second-order valence-corrected chi connectivity index (χ2v) is 6.13. The van der Waals surface area contributed by atoms with Gasteiger partial charge in [-0.25, -0.2) is 0 Å². The van der Waals surface area contributed by atoms with Gasteiger partial charge in [0.25, 0.3) is 0 Å². The molecule has 0 radical (unpaired) electrons. The molecular formula is C15H19BrN4O. The summed E-state index contributed by atoms with van der Waals surface area (Å²) in [5.41, 5.74) is 1.13. The highest BCUT2D eigenvalue weighted by Crippen LogP contribution is 2.24. The summed E-state index contributed by atoms with van der Waals surface area (Å²) in [6.07, 6.45) is 3.43. The lowest BCUT2D eigenvalue weighted by molar-refractivity contribution is 0.283. The van der Waals surface area contributed by atoms with Crippen LogP contribution in [-0.4, -0.2) is 21.8 Å². The molecule has 0 aliphatic carbocycles. The predicted molar refractivity (Wildman–Crippen MR) is 84.2 cm³/mol. The zero-order valence-corrected chi connectivity index (χ0v) is 13.7. The number of benzene rings is 1. The summed E-state index contributed by atoms with van der Waals surface area (Å²) in [7, 11) is 1.93. The van der Waals surface area contributed by atoms with E-state index in [4.69, 9.17) is 4.74 Å². The quantitative estimate of drug-likeness (QED) is 0.900. The maximum absolute atomic E-state index is 5.97. The van der Waals surface area contributed by atoms with Crippen molar-refractivity contribution in [1.29, 1.82) is 0 Å². The topological polar surface area (TPSA) is 52.0 Å². The number of nitrogens with zero attached hydrogens (tertiary/aromatic N) is 3. The summed E-state index contributed by atoms with van der Waals surface area (Å²) < 4.78 is 9.22. The molecule has 0 amide bonds. The molecule has 3 rings (SSSR count). The monoisotopic (exact) mass is 350 g/mol. The summed E-state index contributed by atoms with van der Waals surface area (Å²) in [4.78, 5) is 0. The lowest BCUT2D eigenvalue weighted by Gasteiger charge is -2.16. The van der Waals surface area contributed by atoms with Crippen molar-refractivity contribution in [2.24, 2.45) is 0 Å². The van der Waals surface area contributed by atoms with E-state index in [1.54, 1.807) is 0 Å². The van der Waals surface area contributed by atoms with Gasteiger partial charge in [-0.3, -0.25) is 0 Å². The second kappa shape index (κ2) is 6.58. The molecule has 1 aromatic heterocycles. The Hall–Kier alpha value is -1.40. The van der Waals surface area contributed by atoms with Crippen molar-refractivity contribution in [2.45, 2.75) is 39.0 Å². The van der Waals surface area contributed by atoms with Crippen LogP contribution in [0.1, 0.15) is 30.1 Å². The van der Waals surface area contributed by atoms with Crippen molar-refractivity contribution in [3.63, 3.8) is 0 Å². The average molecular weight is 351 g/mol. The fraction of sp³-hybridized carbons (Fsp3) is 0.467. The number of aryl methyl sites for hydroxylation is 1. The third-order valence-corrected chi connectivity index (χ3v) is 4.18. The van der Waals surface area contributed by atoms with Crippen LogP contribution in [0.5, 0.6) is 5.75 Å². The van der Waals surface area contributed by atoms with Crippen LogP contribution in [0.25, 0.3) is 0 Å². The number of hydrogen-bond acceptors (Lipinski definition) is 4. The molecule has 1 N–H and O–H groups in total. The number of nitrogens with one attached hydrogen (secondary N) is 1. The van der Waals surface area contributed by atoms with Crippen LogP contribution in [0, 0.1) is 0 Å². The molecule has 0 saturated heterocycles. The van der Waals surface area contributed by atoms with Crippen LogP contribution in [0.15, 0.2) is 22.7 Å². The highest BCUT2D eigenvalue weighted by molar-refractivity contribution is 9.10. The first-order valence-electron chi connectivity index (χ1n) is 7.24. The van der Waals surface area contributed by atoms with E-state index in [1.807, 2.05) is 19.2 Å². The lowest BCUT2D eigenvalue weighted by atomic mass is 10.2. The van der Waals surface area contributed by atoms with E-state index in [1.165, 1.54) is 12.8 Å². The number of fused-ring (bicyclic) bond motifs is 1. The van der Waals surface area contributed by atoms with Crippen molar-refractivity contribution in [3.8, 4) is 5.75 Å². The first-order chi connectivity index (χ1) is 10.3. The Morgan fingerprint density at radius 1 is 1.33 bits per heavy atom. The predicted octanol–water partition coefficient (Wildman–Crippen LogP) is 2.68. The molecule has 0 fully saturated rings. The Bertz CT molecular complexity index is 626. The Kier molecular flexibility index (Phi) is 4.55. The molecule has 2 heterocycles. The van der Waals surface area contributed by atoms with E-state index in [2.05, 4.69) is 42.1 Å². The van der Waals surface area contributed by atoms with Gasteiger partial charge in [-0.1, -0.05) is 15.9 Å². The number of aromatic nitrogens is 3. The molecule has 0 unspecified atom stereocenters. The van der Waals surface area contributed by atoms with Crippen LogP contribution in [-0.2, 0) is 26.1 Å². The molecule has 112 valence electrons. The van der Waals surface area contributed by atoms with E-state index < -0.39 is 0 Å². The van der Waals surface area contributed by atoms with Crippen molar-refractivity contribution >= 4 is 15.9 Å². The van der Waals surface area contributed by atoms with Crippen LogP contribution in [0.3, 0.4) is 0 Å². The van der Waals surface area contributed by atoms with Crippen molar-refractivity contribution < 1.29 is 4.74 Å². The molecule has 1 aliphatic heterocycles. The lowest BCUT2D eigenvalue weighted by Crippen LogP contribution is -2.15. The zero-order chi connectivity index (χ0) is 14.7. The Labute approximate surface area is 132 Å². The number of hydrogen-bond donors (Lipinski definition) is 1. The molecule has 1 aromatic carbocycles. The van der Waals surface area contributed by atoms with Gasteiger partial charge in [-0.15, -0.1) is 10.2 Å². The summed E-state index contributed by atoms with van der Waals surface area (Å²) in [5, 5.41) is 11.7. The number of rotatable bonds is 5. The minimum atomic E-state index is 0.464. The first-order valence-corrected chi connectivity index (χ1v) is 8.04. The van der Waals surface area contributed by atoms with E-state index >= 15 is 0 Å². The SMILES string of the molecule is CNCc1cc(Br)ccc1OCc1nnc2n1CCCC2. The minimum Gasteiger partial charge on any atom is -0.485 e. The van der Waals surface area contributed by atoms with Gasteiger partial charge in [-0.2, -0.15) is 0 Å². The highest BCUT2D eigenvalue weighted by Gasteiger charge is 2.16. The van der Waals surface area contributed by atoms with Gasteiger partial charge in [0.05, 0.1) is 0 Å². The standard InChI is InChI=1S/C15H19BrN4O/c1-17-9-11-8-12(16)5-6-13(11)21-10-15-19-18-14-4-2-3-7-20(14)15/h5-6,8,17H,2-4,7,9-10H2,1H3. The van der Waals surface area contributed by atoms with Gasteiger partial charge in [0.2, 0.25) is 0 Å². The first kappa shape index (κ1) is 14.5. The van der Waals surface area contributed by atoms with E-state index in [9.17, 15) is 0 Å². The van der Waals surface area contributed by atoms with Gasteiger partial charge in [0.15, 0.2) is 5.82 Å². The van der Waals surface area contributed by atoms with Crippen LogP contribution in [0.4, 0.5) is 0 Å². The molecule has 6 heteroatoms. The fourth-order valence-corrected chi connectivity index (χ4v) is 3.04. The van der Waals surface area contributed by atoms with Crippen LogP contribution in [0.2, 0.25) is 0 Å². The molecule has 0 atom stereocenters. The van der Waals surface area contributed by atoms with Gasteiger partial charge < -0.3 is 14.6 Å². The van der Waals surface area contributed by atoms with Gasteiger partial charge >= 0.3 is 0 Å². The van der Waals surface area contributed by atoms with Crippen molar-refractivity contribution in [1.82, 2.24) is 20.1 Å². The number of ether oxygens (including phenoxy) is 1. The van der Waals surface area contributed by atoms with Crippen molar-refractivity contribution in [3.05, 3.63) is 39.9 Å². The fourth-order valence-electron chi connectivity index (χ4n) is 2.63. The highest BCUT2D eigenvalue weighted by atomic mass is 79.9. The zero-order valence-electron chi connectivity index (χ0n) is 12.1. The normalized spacial score (nSPS) is 14.0. The molecule has 0 bridgehead atoms. The van der Waals surface area contributed by atoms with Gasteiger partial charge in [-0.05, 0) is 38.1 Å². The summed E-state index contributed by atoms with van der Waals surface area (Å²) in [6, 6.07) is 6.06. The molecule has 5 nitrogen and oxygen atoms in total. The van der Waals surface area contributed by atoms with E-state index in [-0.39, 0.29) is 0 Å². The maximum atomic E-state index is 5.97. The molecule has 0 saturated carbocycles. The smallest absolute Gasteiger partial charge is 0.171 e. The van der Waals surface area contributed by atoms with E-state index in [0.29, 0.717) is 6.61 Å². The molecule has 21 heavy (non-hydrogen) atoms. The Morgan fingerprint density at radius 2 is 2.24 bits per heavy atom. The Balaban J connectivity index is 1.74. The summed E-state index contributed by atoms with van der Waals surface area (Å²) >= 11 is 3.50. The Morgan fingerprint density at radius 3 is 3.10 bits per heavy atom. The molecule has 1 aliphatic rings. The van der Waals surface area contributed by atoms with Crippen LogP contribution >= 0.6 is 15.9 Å².